The van der Waals surface area contributed by atoms with Crippen LogP contribution < -0.4 is 5.32 Å². The van der Waals surface area contributed by atoms with Crippen molar-refractivity contribution in [1.29, 1.82) is 0 Å². The maximum Gasteiger partial charge on any atom is 0.156 e. The topological polar surface area (TPSA) is 55.4 Å². The Labute approximate surface area is 98.7 Å². The van der Waals surface area contributed by atoms with Crippen molar-refractivity contribution in [3.63, 3.8) is 0 Å². The van der Waals surface area contributed by atoms with Gasteiger partial charge in [-0.15, -0.1) is 0 Å². The van der Waals surface area contributed by atoms with E-state index in [1.807, 2.05) is 0 Å². The largest absolute Gasteiger partial charge is 0.381 e. The first-order chi connectivity index (χ1) is 7.33. The predicted octanol–water partition coefficient (Wildman–Crippen LogP) is 0.826. The molecule has 5 heteroatoms. The van der Waals surface area contributed by atoms with Crippen molar-refractivity contribution in [3.8, 4) is 0 Å². The van der Waals surface area contributed by atoms with Gasteiger partial charge in [0.15, 0.2) is 9.84 Å². The molecule has 0 aliphatic carbocycles. The summed E-state index contributed by atoms with van der Waals surface area (Å²) in [7, 11) is -2.99. The molecule has 1 fully saturated rings. The highest BCUT2D eigenvalue weighted by Gasteiger charge is 2.28. The molecule has 1 rings (SSSR count). The highest BCUT2D eigenvalue weighted by atomic mass is 32.2. The second-order valence-electron chi connectivity index (χ2n) is 5.36. The lowest BCUT2D eigenvalue weighted by molar-refractivity contribution is 0.185. The molecule has 4 nitrogen and oxygen atoms in total. The molecule has 0 saturated carbocycles. The van der Waals surface area contributed by atoms with Crippen molar-refractivity contribution in [2.24, 2.45) is 5.92 Å². The summed E-state index contributed by atoms with van der Waals surface area (Å²) in [5, 5.41) is 3.20. The first-order valence-corrected chi connectivity index (χ1v) is 7.49. The molecular weight excluding hydrogens is 226 g/mol. The third kappa shape index (κ3) is 4.03. The van der Waals surface area contributed by atoms with E-state index in [4.69, 9.17) is 4.74 Å². The van der Waals surface area contributed by atoms with E-state index >= 15 is 0 Å². The first-order valence-electron chi connectivity index (χ1n) is 5.84. The average molecular weight is 249 g/mol. The Balaban J connectivity index is 2.20. The second kappa shape index (κ2) is 5.47. The van der Waals surface area contributed by atoms with E-state index in [9.17, 15) is 8.42 Å². The number of rotatable bonds is 5. The first kappa shape index (κ1) is 13.9. The van der Waals surface area contributed by atoms with Gasteiger partial charge in [0.05, 0.1) is 17.1 Å². The summed E-state index contributed by atoms with van der Waals surface area (Å²) in [4.78, 5) is 0. The van der Waals surface area contributed by atoms with Crippen LogP contribution in [0.5, 0.6) is 0 Å². The number of nitrogens with one attached hydrogen (secondary N) is 1. The minimum Gasteiger partial charge on any atom is -0.381 e. The minimum absolute atomic E-state index is 0.212. The Kier molecular flexibility index (Phi) is 4.76. The van der Waals surface area contributed by atoms with Gasteiger partial charge in [-0.25, -0.2) is 8.42 Å². The zero-order valence-corrected chi connectivity index (χ0v) is 11.3. The van der Waals surface area contributed by atoms with Gasteiger partial charge in [0.2, 0.25) is 0 Å². The molecule has 0 aromatic rings. The molecule has 1 aliphatic rings. The molecule has 1 saturated heterocycles. The van der Waals surface area contributed by atoms with Gasteiger partial charge in [-0.1, -0.05) is 0 Å². The number of hydrogen-bond acceptors (Lipinski definition) is 4. The van der Waals surface area contributed by atoms with Gasteiger partial charge < -0.3 is 10.1 Å². The van der Waals surface area contributed by atoms with Gasteiger partial charge in [-0.3, -0.25) is 0 Å². The molecule has 1 heterocycles. The van der Waals surface area contributed by atoms with Gasteiger partial charge in [0.25, 0.3) is 0 Å². The molecule has 0 bridgehead atoms. The smallest absolute Gasteiger partial charge is 0.156 e. The molecule has 1 unspecified atom stereocenters. The van der Waals surface area contributed by atoms with E-state index in [0.717, 1.165) is 26.2 Å². The Bertz CT molecular complexity index is 300. The summed E-state index contributed by atoms with van der Waals surface area (Å²) in [6.45, 7) is 8.27. The van der Waals surface area contributed by atoms with Crippen LogP contribution >= 0.6 is 0 Å². The van der Waals surface area contributed by atoms with Crippen LogP contribution in [0.2, 0.25) is 0 Å². The van der Waals surface area contributed by atoms with E-state index in [1.165, 1.54) is 0 Å². The maximum absolute atomic E-state index is 11.8. The Morgan fingerprint density at radius 3 is 2.56 bits per heavy atom. The fourth-order valence-corrected chi connectivity index (χ4v) is 2.59. The Hall–Kier alpha value is -0.130. The molecule has 96 valence electrons. The lowest BCUT2D eigenvalue weighted by atomic mass is 10.1. The summed E-state index contributed by atoms with van der Waals surface area (Å²) < 4.78 is 28.2. The highest BCUT2D eigenvalue weighted by Crippen LogP contribution is 2.15. The van der Waals surface area contributed by atoms with Crippen molar-refractivity contribution in [2.45, 2.75) is 31.9 Å². The molecule has 0 radical (unpaired) electrons. The highest BCUT2D eigenvalue weighted by molar-refractivity contribution is 7.92. The van der Waals surface area contributed by atoms with Gasteiger partial charge in [-0.2, -0.15) is 0 Å². The normalized spacial score (nSPS) is 22.6. The predicted molar refractivity (Wildman–Crippen MR) is 65.3 cm³/mol. The van der Waals surface area contributed by atoms with Crippen molar-refractivity contribution in [1.82, 2.24) is 5.32 Å². The number of sulfone groups is 1. The monoisotopic (exact) mass is 249 g/mol. The van der Waals surface area contributed by atoms with E-state index < -0.39 is 14.6 Å². The quantitative estimate of drug-likeness (QED) is 0.733. The zero-order valence-electron chi connectivity index (χ0n) is 10.5. The van der Waals surface area contributed by atoms with E-state index in [1.54, 1.807) is 20.8 Å². The van der Waals surface area contributed by atoms with Crippen LogP contribution in [0.15, 0.2) is 0 Å². The number of hydrogen-bond donors (Lipinski definition) is 1. The molecule has 0 aromatic carbocycles. The second-order valence-corrected chi connectivity index (χ2v) is 8.23. The fourth-order valence-electron chi connectivity index (χ4n) is 1.56. The molecule has 0 amide bonds. The van der Waals surface area contributed by atoms with Crippen LogP contribution in [-0.2, 0) is 14.6 Å². The third-order valence-electron chi connectivity index (χ3n) is 2.94. The molecule has 1 N–H and O–H groups in total. The summed E-state index contributed by atoms with van der Waals surface area (Å²) in [6.07, 6.45) is 1.08. The van der Waals surface area contributed by atoms with Crippen LogP contribution in [0.1, 0.15) is 27.2 Å². The van der Waals surface area contributed by atoms with E-state index in [-0.39, 0.29) is 5.75 Å². The van der Waals surface area contributed by atoms with E-state index in [2.05, 4.69) is 5.32 Å². The van der Waals surface area contributed by atoms with Crippen LogP contribution in [-0.4, -0.2) is 45.2 Å². The summed E-state index contributed by atoms with van der Waals surface area (Å²) in [5.74, 6) is 0.765. The van der Waals surface area contributed by atoms with E-state index in [0.29, 0.717) is 12.5 Å². The lowest BCUT2D eigenvalue weighted by Crippen LogP contribution is -2.36. The zero-order chi connectivity index (χ0) is 12.2. The average Bonchev–Trinajstić information content (AvgIpc) is 2.63. The third-order valence-corrected chi connectivity index (χ3v) is 5.55. The summed E-state index contributed by atoms with van der Waals surface area (Å²) >= 11 is 0. The van der Waals surface area contributed by atoms with Crippen LogP contribution in [0.4, 0.5) is 0 Å². The summed E-state index contributed by atoms with van der Waals surface area (Å²) in [6, 6.07) is 0. The minimum atomic E-state index is -2.99. The standard InChI is InChI=1S/C11H23NO3S/c1-11(2,3)16(13,14)7-5-12-8-10-4-6-15-9-10/h10,12H,4-9H2,1-3H3. The van der Waals surface area contributed by atoms with Gasteiger partial charge in [0, 0.05) is 19.7 Å². The molecular formula is C11H23NO3S. The van der Waals surface area contributed by atoms with Crippen molar-refractivity contribution < 1.29 is 13.2 Å². The Morgan fingerprint density at radius 1 is 1.38 bits per heavy atom. The molecule has 1 atom stereocenters. The van der Waals surface area contributed by atoms with Crippen LogP contribution in [0, 0.1) is 5.92 Å². The Morgan fingerprint density at radius 2 is 2.06 bits per heavy atom. The molecule has 16 heavy (non-hydrogen) atoms. The van der Waals surface area contributed by atoms with Gasteiger partial charge in [-0.05, 0) is 33.1 Å². The summed E-state index contributed by atoms with van der Waals surface area (Å²) in [5.41, 5.74) is 0. The number of ether oxygens (including phenoxy) is 1. The van der Waals surface area contributed by atoms with Crippen LogP contribution in [0.25, 0.3) is 0 Å². The molecule has 0 spiro atoms. The lowest BCUT2D eigenvalue weighted by Gasteiger charge is -2.19. The fraction of sp³-hybridized carbons (Fsp3) is 1.00. The molecule has 0 aromatic heterocycles. The van der Waals surface area contributed by atoms with Crippen molar-refractivity contribution in [3.05, 3.63) is 0 Å². The van der Waals surface area contributed by atoms with Crippen molar-refractivity contribution in [2.75, 3.05) is 32.1 Å². The van der Waals surface area contributed by atoms with Gasteiger partial charge >= 0.3 is 0 Å². The van der Waals surface area contributed by atoms with Crippen molar-refractivity contribution >= 4 is 9.84 Å². The van der Waals surface area contributed by atoms with Gasteiger partial charge in [0.1, 0.15) is 0 Å². The molecule has 1 aliphatic heterocycles. The van der Waals surface area contributed by atoms with Crippen LogP contribution in [0.3, 0.4) is 0 Å². The SMILES string of the molecule is CC(C)(C)S(=O)(=O)CCNCC1CCOC1. The maximum atomic E-state index is 11.8.